The SMILES string of the molecule is CCC(O)CNC1CC1. The van der Waals surface area contributed by atoms with Crippen LogP contribution >= 0.6 is 0 Å². The van der Waals surface area contributed by atoms with E-state index in [0.29, 0.717) is 0 Å². The second-order valence-corrected chi connectivity index (χ2v) is 2.74. The minimum atomic E-state index is -0.134. The van der Waals surface area contributed by atoms with Crippen molar-refractivity contribution in [3.63, 3.8) is 0 Å². The van der Waals surface area contributed by atoms with Crippen LogP contribution in [-0.2, 0) is 0 Å². The van der Waals surface area contributed by atoms with Gasteiger partial charge in [0.25, 0.3) is 0 Å². The minimum Gasteiger partial charge on any atom is -0.392 e. The highest BCUT2D eigenvalue weighted by Crippen LogP contribution is 2.18. The highest BCUT2D eigenvalue weighted by atomic mass is 16.3. The van der Waals surface area contributed by atoms with Gasteiger partial charge in [0, 0.05) is 12.6 Å². The van der Waals surface area contributed by atoms with Crippen molar-refractivity contribution in [2.75, 3.05) is 6.54 Å². The Morgan fingerprint density at radius 1 is 1.67 bits per heavy atom. The van der Waals surface area contributed by atoms with Gasteiger partial charge in [-0.05, 0) is 19.3 Å². The molecule has 0 amide bonds. The molecule has 1 aliphatic carbocycles. The maximum absolute atomic E-state index is 9.07. The molecule has 0 aliphatic heterocycles. The van der Waals surface area contributed by atoms with E-state index in [9.17, 15) is 0 Å². The Bertz CT molecular complexity index is 81.0. The number of rotatable bonds is 4. The van der Waals surface area contributed by atoms with E-state index >= 15 is 0 Å². The Balaban J connectivity index is 1.90. The zero-order chi connectivity index (χ0) is 6.69. The molecule has 2 heteroatoms. The second-order valence-electron chi connectivity index (χ2n) is 2.74. The normalized spacial score (nSPS) is 22.0. The van der Waals surface area contributed by atoms with Gasteiger partial charge in [-0.2, -0.15) is 0 Å². The summed E-state index contributed by atoms with van der Waals surface area (Å²) in [6, 6.07) is 0.728. The summed E-state index contributed by atoms with van der Waals surface area (Å²) in [5.41, 5.74) is 0. The van der Waals surface area contributed by atoms with E-state index in [-0.39, 0.29) is 6.10 Å². The van der Waals surface area contributed by atoms with Gasteiger partial charge >= 0.3 is 0 Å². The van der Waals surface area contributed by atoms with Gasteiger partial charge in [-0.25, -0.2) is 0 Å². The number of nitrogens with one attached hydrogen (secondary N) is 1. The highest BCUT2D eigenvalue weighted by Gasteiger charge is 2.20. The zero-order valence-corrected chi connectivity index (χ0v) is 5.93. The van der Waals surface area contributed by atoms with Crippen LogP contribution in [0.25, 0.3) is 0 Å². The summed E-state index contributed by atoms with van der Waals surface area (Å²) in [4.78, 5) is 0. The van der Waals surface area contributed by atoms with Crippen LogP contribution in [0.4, 0.5) is 0 Å². The summed E-state index contributed by atoms with van der Waals surface area (Å²) >= 11 is 0. The Morgan fingerprint density at radius 2 is 2.33 bits per heavy atom. The minimum absolute atomic E-state index is 0.134. The van der Waals surface area contributed by atoms with Gasteiger partial charge in [-0.3, -0.25) is 0 Å². The molecule has 1 atom stereocenters. The molecule has 1 saturated carbocycles. The molecule has 0 aromatic rings. The van der Waals surface area contributed by atoms with Gasteiger partial charge in [-0.1, -0.05) is 6.92 Å². The van der Waals surface area contributed by atoms with Crippen LogP contribution in [0.15, 0.2) is 0 Å². The summed E-state index contributed by atoms with van der Waals surface area (Å²) < 4.78 is 0. The van der Waals surface area contributed by atoms with Crippen molar-refractivity contribution >= 4 is 0 Å². The lowest BCUT2D eigenvalue weighted by molar-refractivity contribution is 0.167. The number of hydrogen-bond acceptors (Lipinski definition) is 2. The van der Waals surface area contributed by atoms with Gasteiger partial charge in [-0.15, -0.1) is 0 Å². The molecule has 0 aromatic carbocycles. The lowest BCUT2D eigenvalue weighted by atomic mass is 10.3. The summed E-state index contributed by atoms with van der Waals surface area (Å²) in [6.45, 7) is 2.78. The van der Waals surface area contributed by atoms with Crippen molar-refractivity contribution in [1.82, 2.24) is 5.32 Å². The van der Waals surface area contributed by atoms with Gasteiger partial charge in [0.2, 0.25) is 0 Å². The predicted molar refractivity (Wildman–Crippen MR) is 37.3 cm³/mol. The first kappa shape index (κ1) is 7.03. The van der Waals surface area contributed by atoms with Crippen LogP contribution in [-0.4, -0.2) is 23.8 Å². The van der Waals surface area contributed by atoms with Crippen molar-refractivity contribution in [3.8, 4) is 0 Å². The molecule has 54 valence electrons. The predicted octanol–water partition coefficient (Wildman–Crippen LogP) is 0.509. The second kappa shape index (κ2) is 3.18. The molecule has 2 nitrogen and oxygen atoms in total. The van der Waals surface area contributed by atoms with Crippen molar-refractivity contribution in [3.05, 3.63) is 0 Å². The largest absolute Gasteiger partial charge is 0.392 e. The van der Waals surface area contributed by atoms with E-state index in [0.717, 1.165) is 19.0 Å². The van der Waals surface area contributed by atoms with E-state index in [1.54, 1.807) is 0 Å². The molecular weight excluding hydrogens is 114 g/mol. The summed E-state index contributed by atoms with van der Waals surface area (Å²) in [5.74, 6) is 0. The molecule has 0 radical (unpaired) electrons. The van der Waals surface area contributed by atoms with E-state index < -0.39 is 0 Å². The first-order valence-corrected chi connectivity index (χ1v) is 3.74. The lowest BCUT2D eigenvalue weighted by Gasteiger charge is -2.06. The van der Waals surface area contributed by atoms with E-state index in [1.807, 2.05) is 6.92 Å². The quantitative estimate of drug-likeness (QED) is 0.579. The smallest absolute Gasteiger partial charge is 0.0662 e. The molecule has 2 N–H and O–H groups in total. The maximum atomic E-state index is 9.07. The van der Waals surface area contributed by atoms with E-state index in [1.165, 1.54) is 12.8 Å². The molecule has 0 aromatic heterocycles. The average Bonchev–Trinajstić information content (AvgIpc) is 2.65. The van der Waals surface area contributed by atoms with E-state index in [2.05, 4.69) is 5.32 Å². The Labute approximate surface area is 56.3 Å². The standard InChI is InChI=1S/C7H15NO/c1-2-7(9)5-8-6-3-4-6/h6-9H,2-5H2,1H3. The molecule has 9 heavy (non-hydrogen) atoms. The van der Waals surface area contributed by atoms with Gasteiger partial charge < -0.3 is 10.4 Å². The fourth-order valence-electron chi connectivity index (χ4n) is 0.734. The monoisotopic (exact) mass is 129 g/mol. The fourth-order valence-corrected chi connectivity index (χ4v) is 0.734. The van der Waals surface area contributed by atoms with Gasteiger partial charge in [0.05, 0.1) is 6.10 Å². The molecule has 0 heterocycles. The van der Waals surface area contributed by atoms with Crippen LogP contribution in [0.5, 0.6) is 0 Å². The van der Waals surface area contributed by atoms with E-state index in [4.69, 9.17) is 5.11 Å². The third-order valence-corrected chi connectivity index (χ3v) is 1.69. The topological polar surface area (TPSA) is 32.3 Å². The molecule has 0 saturated heterocycles. The molecule has 1 aliphatic rings. The Hall–Kier alpha value is -0.0800. The van der Waals surface area contributed by atoms with Crippen LogP contribution in [0, 0.1) is 0 Å². The van der Waals surface area contributed by atoms with Crippen LogP contribution < -0.4 is 5.32 Å². The molecule has 1 unspecified atom stereocenters. The Morgan fingerprint density at radius 3 is 2.78 bits per heavy atom. The molecule has 1 rings (SSSR count). The maximum Gasteiger partial charge on any atom is 0.0662 e. The summed E-state index contributed by atoms with van der Waals surface area (Å²) in [7, 11) is 0. The van der Waals surface area contributed by atoms with Gasteiger partial charge in [0.1, 0.15) is 0 Å². The lowest BCUT2D eigenvalue weighted by Crippen LogP contribution is -2.27. The highest BCUT2D eigenvalue weighted by molar-refractivity contribution is 4.81. The summed E-state index contributed by atoms with van der Waals surface area (Å²) in [6.07, 6.45) is 3.33. The van der Waals surface area contributed by atoms with Crippen molar-refractivity contribution in [1.29, 1.82) is 0 Å². The van der Waals surface area contributed by atoms with Gasteiger partial charge in [0.15, 0.2) is 0 Å². The van der Waals surface area contributed by atoms with Crippen LogP contribution in [0.3, 0.4) is 0 Å². The van der Waals surface area contributed by atoms with Crippen molar-refractivity contribution in [2.24, 2.45) is 0 Å². The third kappa shape index (κ3) is 2.82. The average molecular weight is 129 g/mol. The van der Waals surface area contributed by atoms with Crippen molar-refractivity contribution < 1.29 is 5.11 Å². The van der Waals surface area contributed by atoms with Crippen LogP contribution in [0.2, 0.25) is 0 Å². The molecular formula is C7H15NO. The Kier molecular flexibility index (Phi) is 2.49. The molecule has 1 fully saturated rings. The summed E-state index contributed by atoms with van der Waals surface area (Å²) in [5, 5.41) is 12.3. The molecule has 0 spiro atoms. The third-order valence-electron chi connectivity index (χ3n) is 1.69. The number of hydrogen-bond donors (Lipinski definition) is 2. The number of aliphatic hydroxyl groups excluding tert-OH is 1. The van der Waals surface area contributed by atoms with Crippen molar-refractivity contribution in [2.45, 2.75) is 38.3 Å². The first-order valence-electron chi connectivity index (χ1n) is 3.74. The first-order chi connectivity index (χ1) is 4.33. The zero-order valence-electron chi connectivity index (χ0n) is 5.93. The fraction of sp³-hybridized carbons (Fsp3) is 1.00. The molecule has 0 bridgehead atoms. The number of aliphatic hydroxyl groups is 1. The van der Waals surface area contributed by atoms with Crippen LogP contribution in [0.1, 0.15) is 26.2 Å².